The standard InChI is InChI=1S/C15H25N3O/c1-16(2)14-6-4-13(5-7-14)15(12-19)18-10-8-17(3)9-11-18/h4-7,15,19H,8-12H2,1-3H3. The van der Waals surface area contributed by atoms with E-state index in [0.29, 0.717) is 0 Å². The Hall–Kier alpha value is -1.10. The Kier molecular flexibility index (Phi) is 4.80. The molecule has 1 aliphatic heterocycles. The van der Waals surface area contributed by atoms with Crippen LogP contribution in [0.4, 0.5) is 5.69 Å². The molecule has 0 saturated carbocycles. The minimum absolute atomic E-state index is 0.130. The Labute approximate surface area is 116 Å². The zero-order valence-electron chi connectivity index (χ0n) is 12.2. The highest BCUT2D eigenvalue weighted by Gasteiger charge is 2.23. The van der Waals surface area contributed by atoms with Crippen molar-refractivity contribution >= 4 is 5.69 Å². The minimum Gasteiger partial charge on any atom is -0.394 e. The van der Waals surface area contributed by atoms with Gasteiger partial charge in [-0.2, -0.15) is 0 Å². The van der Waals surface area contributed by atoms with E-state index in [1.807, 2.05) is 14.1 Å². The maximum Gasteiger partial charge on any atom is 0.0628 e. The van der Waals surface area contributed by atoms with E-state index >= 15 is 0 Å². The normalized spacial score (nSPS) is 19.4. The summed E-state index contributed by atoms with van der Waals surface area (Å²) in [6.07, 6.45) is 0. The van der Waals surface area contributed by atoms with Crippen molar-refractivity contribution in [3.8, 4) is 0 Å². The monoisotopic (exact) mass is 263 g/mol. The summed E-state index contributed by atoms with van der Waals surface area (Å²) in [5.74, 6) is 0. The SMILES string of the molecule is CN1CCN(C(CO)c2ccc(N(C)C)cc2)CC1. The van der Waals surface area contributed by atoms with Gasteiger partial charge in [-0.1, -0.05) is 12.1 Å². The predicted molar refractivity (Wildman–Crippen MR) is 79.7 cm³/mol. The first-order chi connectivity index (χ1) is 9.11. The average Bonchev–Trinajstić information content (AvgIpc) is 2.42. The van der Waals surface area contributed by atoms with Gasteiger partial charge in [0.2, 0.25) is 0 Å². The van der Waals surface area contributed by atoms with Gasteiger partial charge in [0.25, 0.3) is 0 Å². The molecule has 1 aromatic rings. The van der Waals surface area contributed by atoms with Gasteiger partial charge in [0.15, 0.2) is 0 Å². The van der Waals surface area contributed by atoms with Crippen molar-refractivity contribution in [2.24, 2.45) is 0 Å². The molecule has 4 heteroatoms. The molecular weight excluding hydrogens is 238 g/mol. The van der Waals surface area contributed by atoms with Crippen molar-refractivity contribution in [1.29, 1.82) is 0 Å². The Morgan fingerprint density at radius 1 is 1.11 bits per heavy atom. The number of piperazine rings is 1. The summed E-state index contributed by atoms with van der Waals surface area (Å²) < 4.78 is 0. The molecule has 1 atom stereocenters. The number of likely N-dealkylation sites (N-methyl/N-ethyl adjacent to an activating group) is 1. The van der Waals surface area contributed by atoms with Crippen LogP contribution >= 0.6 is 0 Å². The summed E-state index contributed by atoms with van der Waals surface area (Å²) in [6.45, 7) is 4.39. The molecule has 106 valence electrons. The second-order valence-electron chi connectivity index (χ2n) is 5.52. The fourth-order valence-corrected chi connectivity index (χ4v) is 2.56. The van der Waals surface area contributed by atoms with Gasteiger partial charge >= 0.3 is 0 Å². The van der Waals surface area contributed by atoms with Crippen LogP contribution < -0.4 is 4.90 Å². The highest BCUT2D eigenvalue weighted by atomic mass is 16.3. The molecule has 1 N–H and O–H groups in total. The molecule has 1 heterocycles. The van der Waals surface area contributed by atoms with E-state index in [-0.39, 0.29) is 12.6 Å². The molecule has 0 amide bonds. The van der Waals surface area contributed by atoms with Crippen molar-refractivity contribution in [3.05, 3.63) is 29.8 Å². The number of aliphatic hydroxyl groups is 1. The molecule has 0 spiro atoms. The lowest BCUT2D eigenvalue weighted by Gasteiger charge is -2.37. The number of rotatable bonds is 4. The van der Waals surface area contributed by atoms with Crippen molar-refractivity contribution in [3.63, 3.8) is 0 Å². The van der Waals surface area contributed by atoms with Crippen LogP contribution in [0.2, 0.25) is 0 Å². The Bertz CT molecular complexity index is 383. The third-order valence-corrected chi connectivity index (χ3v) is 3.95. The molecule has 1 aromatic carbocycles. The van der Waals surface area contributed by atoms with Crippen LogP contribution in [0.25, 0.3) is 0 Å². The number of aliphatic hydroxyl groups excluding tert-OH is 1. The zero-order chi connectivity index (χ0) is 13.8. The molecule has 1 fully saturated rings. The van der Waals surface area contributed by atoms with Gasteiger partial charge in [0.05, 0.1) is 12.6 Å². The van der Waals surface area contributed by atoms with Gasteiger partial charge < -0.3 is 14.9 Å². The average molecular weight is 263 g/mol. The number of hydrogen-bond donors (Lipinski definition) is 1. The van der Waals surface area contributed by atoms with Crippen LogP contribution in [0, 0.1) is 0 Å². The van der Waals surface area contributed by atoms with E-state index in [2.05, 4.69) is 46.0 Å². The topological polar surface area (TPSA) is 30.0 Å². The second kappa shape index (κ2) is 6.37. The van der Waals surface area contributed by atoms with Crippen molar-refractivity contribution in [2.75, 3.05) is 58.8 Å². The highest BCUT2D eigenvalue weighted by Crippen LogP contribution is 2.23. The maximum atomic E-state index is 9.71. The van der Waals surface area contributed by atoms with Gasteiger partial charge in [0.1, 0.15) is 0 Å². The summed E-state index contributed by atoms with van der Waals surface area (Å²) in [4.78, 5) is 6.80. The zero-order valence-corrected chi connectivity index (χ0v) is 12.2. The van der Waals surface area contributed by atoms with Crippen LogP contribution in [0.3, 0.4) is 0 Å². The molecule has 0 aliphatic carbocycles. The van der Waals surface area contributed by atoms with Crippen molar-refractivity contribution in [2.45, 2.75) is 6.04 Å². The van der Waals surface area contributed by atoms with E-state index in [1.54, 1.807) is 0 Å². The molecule has 1 aliphatic rings. The number of hydrogen-bond acceptors (Lipinski definition) is 4. The van der Waals surface area contributed by atoms with Gasteiger partial charge in [-0.25, -0.2) is 0 Å². The number of anilines is 1. The lowest BCUT2D eigenvalue weighted by Crippen LogP contribution is -2.46. The third kappa shape index (κ3) is 3.47. The summed E-state index contributed by atoms with van der Waals surface area (Å²) in [5.41, 5.74) is 2.40. The highest BCUT2D eigenvalue weighted by molar-refractivity contribution is 5.46. The van der Waals surface area contributed by atoms with E-state index in [1.165, 1.54) is 11.3 Å². The first-order valence-corrected chi connectivity index (χ1v) is 6.92. The van der Waals surface area contributed by atoms with E-state index in [4.69, 9.17) is 0 Å². The lowest BCUT2D eigenvalue weighted by molar-refractivity contribution is 0.0748. The summed E-state index contributed by atoms with van der Waals surface area (Å²) in [7, 11) is 6.23. The van der Waals surface area contributed by atoms with Crippen LogP contribution in [-0.4, -0.2) is 68.8 Å². The number of nitrogens with zero attached hydrogens (tertiary/aromatic N) is 3. The van der Waals surface area contributed by atoms with Gasteiger partial charge in [-0.05, 0) is 24.7 Å². The van der Waals surface area contributed by atoms with E-state index in [0.717, 1.165) is 26.2 Å². The first-order valence-electron chi connectivity index (χ1n) is 6.92. The lowest BCUT2D eigenvalue weighted by atomic mass is 10.0. The number of benzene rings is 1. The molecule has 1 saturated heterocycles. The third-order valence-electron chi connectivity index (χ3n) is 3.95. The van der Waals surface area contributed by atoms with Crippen molar-refractivity contribution in [1.82, 2.24) is 9.80 Å². The first kappa shape index (κ1) is 14.3. The quantitative estimate of drug-likeness (QED) is 0.879. The Morgan fingerprint density at radius 2 is 1.68 bits per heavy atom. The van der Waals surface area contributed by atoms with Crippen LogP contribution in [0.1, 0.15) is 11.6 Å². The molecule has 19 heavy (non-hydrogen) atoms. The summed E-state index contributed by atoms with van der Waals surface area (Å²) >= 11 is 0. The summed E-state index contributed by atoms with van der Waals surface area (Å²) in [5, 5.41) is 9.71. The van der Waals surface area contributed by atoms with E-state index < -0.39 is 0 Å². The summed E-state index contributed by atoms with van der Waals surface area (Å²) in [6, 6.07) is 8.63. The Morgan fingerprint density at radius 3 is 2.16 bits per heavy atom. The molecule has 0 radical (unpaired) electrons. The maximum absolute atomic E-state index is 9.71. The molecular formula is C15H25N3O. The fraction of sp³-hybridized carbons (Fsp3) is 0.600. The van der Waals surface area contributed by atoms with E-state index in [9.17, 15) is 5.11 Å². The van der Waals surface area contributed by atoms with Gasteiger partial charge in [-0.3, -0.25) is 4.90 Å². The van der Waals surface area contributed by atoms with Crippen LogP contribution in [-0.2, 0) is 0 Å². The molecule has 4 nitrogen and oxygen atoms in total. The molecule has 0 aromatic heterocycles. The predicted octanol–water partition coefficient (Wildman–Crippen LogP) is 1.03. The fourth-order valence-electron chi connectivity index (χ4n) is 2.56. The van der Waals surface area contributed by atoms with Crippen LogP contribution in [0.5, 0.6) is 0 Å². The van der Waals surface area contributed by atoms with Crippen LogP contribution in [0.15, 0.2) is 24.3 Å². The van der Waals surface area contributed by atoms with Gasteiger partial charge in [0, 0.05) is 46.0 Å². The van der Waals surface area contributed by atoms with Gasteiger partial charge in [-0.15, -0.1) is 0 Å². The molecule has 0 bridgehead atoms. The molecule has 1 unspecified atom stereocenters. The second-order valence-corrected chi connectivity index (χ2v) is 5.52. The van der Waals surface area contributed by atoms with Crippen molar-refractivity contribution < 1.29 is 5.11 Å². The largest absolute Gasteiger partial charge is 0.394 e. The minimum atomic E-state index is 0.130. The Balaban J connectivity index is 2.08. The molecule has 2 rings (SSSR count). The smallest absolute Gasteiger partial charge is 0.0628 e.